The van der Waals surface area contributed by atoms with E-state index in [1.165, 1.54) is 38.4 Å². The topological polar surface area (TPSA) is 62.5 Å². The molecule has 0 amide bonds. The summed E-state index contributed by atoms with van der Waals surface area (Å²) in [5, 5.41) is 16.5. The Morgan fingerprint density at radius 3 is 1.68 bits per heavy atom. The molecule has 1 aromatic heterocycles. The summed E-state index contributed by atoms with van der Waals surface area (Å²) in [6.07, 6.45) is 0. The van der Waals surface area contributed by atoms with Crippen molar-refractivity contribution in [2.24, 2.45) is 0 Å². The predicted molar refractivity (Wildman–Crippen MR) is 216 cm³/mol. The summed E-state index contributed by atoms with van der Waals surface area (Å²) in [4.78, 5) is 15.5. The van der Waals surface area contributed by atoms with Gasteiger partial charge in [-0.2, -0.15) is 5.26 Å². The van der Waals surface area contributed by atoms with Crippen molar-refractivity contribution in [3.63, 3.8) is 0 Å². The Morgan fingerprint density at radius 1 is 0.415 bits per heavy atom. The number of rotatable bonds is 4. The van der Waals surface area contributed by atoms with Crippen molar-refractivity contribution < 1.29 is 0 Å². The van der Waals surface area contributed by atoms with Crippen LogP contribution in [0.2, 0.25) is 0 Å². The first-order valence-corrected chi connectivity index (χ1v) is 17.9. The molecule has 1 aliphatic carbocycles. The van der Waals surface area contributed by atoms with Crippen molar-refractivity contribution in [1.29, 1.82) is 5.26 Å². The zero-order chi connectivity index (χ0) is 35.7. The predicted octanol–water partition coefficient (Wildman–Crippen LogP) is 12.2. The van der Waals surface area contributed by atoms with Gasteiger partial charge in [0.05, 0.1) is 11.6 Å². The Hall–Kier alpha value is -6.96. The minimum atomic E-state index is -0.126. The maximum Gasteiger partial charge on any atom is 0.164 e. The summed E-state index contributed by atoms with van der Waals surface area (Å²) in [6, 6.07) is 57.4. The third-order valence-corrected chi connectivity index (χ3v) is 10.9. The van der Waals surface area contributed by atoms with E-state index in [0.29, 0.717) is 23.0 Å². The fourth-order valence-electron chi connectivity index (χ4n) is 8.30. The highest BCUT2D eigenvalue weighted by atomic mass is 15.0. The number of benzene rings is 8. The average Bonchev–Trinajstić information content (AvgIpc) is 3.46. The van der Waals surface area contributed by atoms with Crippen molar-refractivity contribution in [1.82, 2.24) is 15.0 Å². The maximum atomic E-state index is 9.50. The normalized spacial score (nSPS) is 12.8. The largest absolute Gasteiger partial charge is 0.208 e. The lowest BCUT2D eigenvalue weighted by atomic mass is 9.81. The lowest BCUT2D eigenvalue weighted by Crippen LogP contribution is -2.14. The molecule has 10 rings (SSSR count). The van der Waals surface area contributed by atoms with Crippen LogP contribution in [0.3, 0.4) is 0 Å². The zero-order valence-corrected chi connectivity index (χ0v) is 29.3. The van der Waals surface area contributed by atoms with Crippen molar-refractivity contribution in [2.45, 2.75) is 19.3 Å². The molecule has 1 aliphatic rings. The molecule has 53 heavy (non-hydrogen) atoms. The molecule has 1 heterocycles. The first-order chi connectivity index (χ1) is 26.0. The standard InChI is InChI=1S/C49H32N4/c1-49(2)43-19-11-10-17-38(43)39-25-24-33(28-44(39)49)34-26-41-37-16-7-6-14-35(37)36-15-8-9-18-40(36)45(41)42(27-34)48-52-46(31-12-4-3-5-13-31)51-47(53-48)32-22-20-30(29-50)21-23-32/h3-28H,1-2H3. The highest BCUT2D eigenvalue weighted by Gasteiger charge is 2.35. The molecule has 0 spiro atoms. The molecule has 9 aromatic rings. The number of nitriles is 1. The summed E-state index contributed by atoms with van der Waals surface area (Å²) >= 11 is 0. The molecule has 0 atom stereocenters. The quantitative estimate of drug-likeness (QED) is 0.174. The van der Waals surface area contributed by atoms with Gasteiger partial charge in [-0.25, -0.2) is 15.0 Å². The highest BCUT2D eigenvalue weighted by molar-refractivity contribution is 6.28. The highest BCUT2D eigenvalue weighted by Crippen LogP contribution is 2.50. The third-order valence-electron chi connectivity index (χ3n) is 10.9. The summed E-state index contributed by atoms with van der Waals surface area (Å²) in [5.41, 5.74) is 10.7. The summed E-state index contributed by atoms with van der Waals surface area (Å²) in [6.45, 7) is 4.65. The Kier molecular flexibility index (Phi) is 6.86. The van der Waals surface area contributed by atoms with Crippen LogP contribution in [0.15, 0.2) is 158 Å². The second-order valence-electron chi connectivity index (χ2n) is 14.3. The zero-order valence-electron chi connectivity index (χ0n) is 29.3. The van der Waals surface area contributed by atoms with Crippen LogP contribution in [0.4, 0.5) is 0 Å². The average molecular weight is 677 g/mol. The Balaban J connectivity index is 1.30. The second-order valence-corrected chi connectivity index (χ2v) is 14.3. The summed E-state index contributed by atoms with van der Waals surface area (Å²) < 4.78 is 0. The minimum absolute atomic E-state index is 0.126. The van der Waals surface area contributed by atoms with Crippen LogP contribution in [0.1, 0.15) is 30.5 Å². The van der Waals surface area contributed by atoms with Gasteiger partial charge in [0.1, 0.15) is 0 Å². The molecule has 0 unspecified atom stereocenters. The van der Waals surface area contributed by atoms with Crippen LogP contribution in [0.25, 0.3) is 88.7 Å². The molecule has 248 valence electrons. The van der Waals surface area contributed by atoms with Gasteiger partial charge >= 0.3 is 0 Å². The van der Waals surface area contributed by atoms with Gasteiger partial charge in [0, 0.05) is 27.5 Å². The van der Waals surface area contributed by atoms with E-state index in [9.17, 15) is 5.26 Å². The van der Waals surface area contributed by atoms with E-state index in [4.69, 9.17) is 15.0 Å². The van der Waals surface area contributed by atoms with Gasteiger partial charge in [-0.15, -0.1) is 0 Å². The third kappa shape index (κ3) is 4.86. The number of nitrogens with zero attached hydrogens (tertiary/aromatic N) is 4. The molecule has 8 aromatic carbocycles. The Bertz CT molecular complexity index is 2970. The number of hydrogen-bond donors (Lipinski definition) is 0. The van der Waals surface area contributed by atoms with Gasteiger partial charge in [-0.3, -0.25) is 0 Å². The van der Waals surface area contributed by atoms with Gasteiger partial charge in [0.25, 0.3) is 0 Å². The van der Waals surface area contributed by atoms with Gasteiger partial charge in [-0.1, -0.05) is 129 Å². The monoisotopic (exact) mass is 676 g/mol. The van der Waals surface area contributed by atoms with Crippen molar-refractivity contribution in [3.05, 3.63) is 174 Å². The fourth-order valence-corrected chi connectivity index (χ4v) is 8.30. The van der Waals surface area contributed by atoms with Crippen LogP contribution in [0, 0.1) is 11.3 Å². The molecule has 4 nitrogen and oxygen atoms in total. The van der Waals surface area contributed by atoms with E-state index >= 15 is 0 Å². The Labute approximate surface area is 307 Å². The molecule has 0 aliphatic heterocycles. The first kappa shape index (κ1) is 30.8. The van der Waals surface area contributed by atoms with E-state index in [1.54, 1.807) is 0 Å². The number of aromatic nitrogens is 3. The van der Waals surface area contributed by atoms with Crippen LogP contribution >= 0.6 is 0 Å². The lowest BCUT2D eigenvalue weighted by Gasteiger charge is -2.22. The molecule has 0 saturated heterocycles. The molecule has 0 fully saturated rings. The molecule has 0 bridgehead atoms. The van der Waals surface area contributed by atoms with E-state index in [1.807, 2.05) is 54.6 Å². The molecule has 0 saturated carbocycles. The molecular formula is C49H32N4. The smallest absolute Gasteiger partial charge is 0.164 e. The van der Waals surface area contributed by atoms with Gasteiger partial charge in [0.2, 0.25) is 0 Å². The van der Waals surface area contributed by atoms with Gasteiger partial charge in [0.15, 0.2) is 17.5 Å². The van der Waals surface area contributed by atoms with Crippen LogP contribution in [0.5, 0.6) is 0 Å². The van der Waals surface area contributed by atoms with Crippen molar-refractivity contribution in [2.75, 3.05) is 0 Å². The fraction of sp³-hybridized carbons (Fsp3) is 0.0612. The minimum Gasteiger partial charge on any atom is -0.208 e. The summed E-state index contributed by atoms with van der Waals surface area (Å²) in [5.74, 6) is 1.74. The molecule has 0 radical (unpaired) electrons. The molecule has 0 N–H and O–H groups in total. The Morgan fingerprint density at radius 2 is 0.962 bits per heavy atom. The summed E-state index contributed by atoms with van der Waals surface area (Å²) in [7, 11) is 0. The van der Waals surface area contributed by atoms with Crippen LogP contribution in [-0.2, 0) is 5.41 Å². The van der Waals surface area contributed by atoms with E-state index < -0.39 is 0 Å². The SMILES string of the molecule is CC1(C)c2ccccc2-c2ccc(-c3cc(-c4nc(-c5ccccc5)nc(-c5ccc(C#N)cc5)n4)c4c5ccccc5c5ccccc5c4c3)cc21. The molecular weight excluding hydrogens is 645 g/mol. The van der Waals surface area contributed by atoms with Gasteiger partial charge < -0.3 is 0 Å². The van der Waals surface area contributed by atoms with E-state index in [2.05, 4.69) is 123 Å². The van der Waals surface area contributed by atoms with E-state index in [-0.39, 0.29) is 5.41 Å². The number of hydrogen-bond acceptors (Lipinski definition) is 4. The van der Waals surface area contributed by atoms with Crippen LogP contribution < -0.4 is 0 Å². The second kappa shape index (κ2) is 11.8. The van der Waals surface area contributed by atoms with Crippen LogP contribution in [-0.4, -0.2) is 15.0 Å². The first-order valence-electron chi connectivity index (χ1n) is 17.9. The van der Waals surface area contributed by atoms with Gasteiger partial charge in [-0.05, 0) is 103 Å². The molecule has 4 heteroatoms. The van der Waals surface area contributed by atoms with Crippen molar-refractivity contribution in [3.8, 4) is 62.5 Å². The number of fused-ring (bicyclic) bond motifs is 9. The lowest BCUT2D eigenvalue weighted by molar-refractivity contribution is 0.660. The van der Waals surface area contributed by atoms with Crippen molar-refractivity contribution >= 4 is 32.3 Å². The van der Waals surface area contributed by atoms with E-state index in [0.717, 1.165) is 44.0 Å². The maximum absolute atomic E-state index is 9.50.